The number of piperidine rings is 1. The molecule has 1 aliphatic rings. The zero-order chi connectivity index (χ0) is 12.1. The van der Waals surface area contributed by atoms with Crippen molar-refractivity contribution >= 4 is 5.91 Å². The number of hydrogen-bond donors (Lipinski definition) is 2. The van der Waals surface area contributed by atoms with Gasteiger partial charge in [-0.05, 0) is 39.4 Å². The van der Waals surface area contributed by atoms with E-state index < -0.39 is 0 Å². The van der Waals surface area contributed by atoms with Gasteiger partial charge in [-0.25, -0.2) is 0 Å². The van der Waals surface area contributed by atoms with Crippen molar-refractivity contribution < 1.29 is 4.79 Å². The first-order valence-electron chi connectivity index (χ1n) is 6.20. The van der Waals surface area contributed by atoms with Crippen LogP contribution in [-0.4, -0.2) is 50.1 Å². The van der Waals surface area contributed by atoms with Crippen LogP contribution in [0.4, 0.5) is 0 Å². The average Bonchev–Trinajstić information content (AvgIpc) is 2.17. The van der Waals surface area contributed by atoms with Crippen molar-refractivity contribution in [3.8, 4) is 0 Å². The van der Waals surface area contributed by atoms with Gasteiger partial charge in [0.15, 0.2) is 0 Å². The van der Waals surface area contributed by atoms with Crippen LogP contribution < -0.4 is 10.6 Å². The van der Waals surface area contributed by atoms with Crippen LogP contribution >= 0.6 is 0 Å². The van der Waals surface area contributed by atoms with Gasteiger partial charge in [-0.2, -0.15) is 0 Å². The van der Waals surface area contributed by atoms with Crippen molar-refractivity contribution in [1.29, 1.82) is 0 Å². The zero-order valence-corrected chi connectivity index (χ0v) is 10.9. The van der Waals surface area contributed by atoms with Crippen LogP contribution in [0, 0.1) is 5.92 Å². The third-order valence-corrected chi connectivity index (χ3v) is 3.10. The highest BCUT2D eigenvalue weighted by atomic mass is 16.2. The topological polar surface area (TPSA) is 44.4 Å². The van der Waals surface area contributed by atoms with Gasteiger partial charge in [0.1, 0.15) is 0 Å². The number of likely N-dealkylation sites (N-methyl/N-ethyl adjacent to an activating group) is 1. The minimum atomic E-state index is -0.0260. The fourth-order valence-electron chi connectivity index (χ4n) is 2.40. The van der Waals surface area contributed by atoms with Crippen LogP contribution in [0.15, 0.2) is 0 Å². The maximum atomic E-state index is 12.1. The Morgan fingerprint density at radius 1 is 1.44 bits per heavy atom. The van der Waals surface area contributed by atoms with Crippen LogP contribution in [0.3, 0.4) is 0 Å². The molecule has 0 spiro atoms. The molecule has 1 amide bonds. The van der Waals surface area contributed by atoms with Gasteiger partial charge < -0.3 is 10.6 Å². The summed E-state index contributed by atoms with van der Waals surface area (Å²) < 4.78 is 0. The predicted octanol–water partition coefficient (Wildman–Crippen LogP) is 0.441. The predicted molar refractivity (Wildman–Crippen MR) is 66.3 cm³/mol. The summed E-state index contributed by atoms with van der Waals surface area (Å²) in [4.78, 5) is 14.1. The molecular weight excluding hydrogens is 202 g/mol. The Morgan fingerprint density at radius 2 is 2.12 bits per heavy atom. The van der Waals surface area contributed by atoms with Crippen molar-refractivity contribution in [2.75, 3.05) is 27.2 Å². The number of carbonyl (C=O) groups is 1. The summed E-state index contributed by atoms with van der Waals surface area (Å²) in [6.07, 6.45) is 2.25. The Balaban J connectivity index is 2.47. The number of carbonyl (C=O) groups excluding carboxylic acids is 1. The third-order valence-electron chi connectivity index (χ3n) is 3.10. The van der Waals surface area contributed by atoms with E-state index in [-0.39, 0.29) is 11.9 Å². The highest BCUT2D eigenvalue weighted by molar-refractivity contribution is 5.82. The van der Waals surface area contributed by atoms with E-state index in [4.69, 9.17) is 0 Å². The lowest BCUT2D eigenvalue weighted by molar-refractivity contribution is -0.127. The lowest BCUT2D eigenvalue weighted by Crippen LogP contribution is -2.53. The molecule has 1 rings (SSSR count). The number of rotatable bonds is 4. The molecule has 94 valence electrons. The van der Waals surface area contributed by atoms with Gasteiger partial charge in [-0.1, -0.05) is 13.8 Å². The molecule has 0 aliphatic carbocycles. The summed E-state index contributed by atoms with van der Waals surface area (Å²) in [5.41, 5.74) is 0. The molecule has 2 N–H and O–H groups in total. The van der Waals surface area contributed by atoms with Crippen molar-refractivity contribution in [2.24, 2.45) is 5.92 Å². The van der Waals surface area contributed by atoms with Crippen LogP contribution in [-0.2, 0) is 4.79 Å². The lowest BCUT2D eigenvalue weighted by Gasteiger charge is -2.30. The molecule has 4 heteroatoms. The molecule has 2 atom stereocenters. The zero-order valence-electron chi connectivity index (χ0n) is 10.9. The SMILES string of the molecule is CC(C)[C@H](C(=O)N[C@H]1CCCNC1)N(C)C. The minimum Gasteiger partial charge on any atom is -0.351 e. The summed E-state index contributed by atoms with van der Waals surface area (Å²) in [5.74, 6) is 0.500. The first-order valence-corrected chi connectivity index (χ1v) is 6.20. The Hall–Kier alpha value is -0.610. The van der Waals surface area contributed by atoms with E-state index in [1.165, 1.54) is 0 Å². The normalized spacial score (nSPS) is 23.5. The van der Waals surface area contributed by atoms with Crippen LogP contribution in [0.5, 0.6) is 0 Å². The molecule has 0 unspecified atom stereocenters. The molecule has 1 aliphatic heterocycles. The van der Waals surface area contributed by atoms with Gasteiger partial charge in [0, 0.05) is 12.6 Å². The van der Waals surface area contributed by atoms with E-state index in [1.54, 1.807) is 0 Å². The summed E-state index contributed by atoms with van der Waals surface area (Å²) in [6, 6.07) is 0.282. The molecule has 1 heterocycles. The molecule has 1 fully saturated rings. The van der Waals surface area contributed by atoms with Crippen molar-refractivity contribution in [3.63, 3.8) is 0 Å². The molecule has 0 saturated carbocycles. The Bertz CT molecular complexity index is 214. The molecule has 0 aromatic rings. The Morgan fingerprint density at radius 3 is 2.56 bits per heavy atom. The maximum absolute atomic E-state index is 12.1. The molecule has 1 saturated heterocycles. The van der Waals surface area contributed by atoms with Crippen LogP contribution in [0.1, 0.15) is 26.7 Å². The van der Waals surface area contributed by atoms with Crippen molar-refractivity contribution in [1.82, 2.24) is 15.5 Å². The maximum Gasteiger partial charge on any atom is 0.237 e. The Labute approximate surface area is 98.8 Å². The monoisotopic (exact) mass is 227 g/mol. The molecular formula is C12H25N3O. The van der Waals surface area contributed by atoms with Gasteiger partial charge in [0.2, 0.25) is 5.91 Å². The molecule has 0 bridgehead atoms. The van der Waals surface area contributed by atoms with Crippen molar-refractivity contribution in [2.45, 2.75) is 38.8 Å². The number of amides is 1. The lowest BCUT2D eigenvalue weighted by atomic mass is 10.0. The standard InChI is InChI=1S/C12H25N3O/c1-9(2)11(15(3)4)12(16)14-10-6-5-7-13-8-10/h9-11,13H,5-8H2,1-4H3,(H,14,16)/t10-,11+/m0/s1. The summed E-state index contributed by atoms with van der Waals surface area (Å²) in [7, 11) is 3.92. The average molecular weight is 227 g/mol. The summed E-state index contributed by atoms with van der Waals surface area (Å²) in [6.45, 7) is 6.16. The minimum absolute atomic E-state index is 0.0260. The van der Waals surface area contributed by atoms with E-state index in [0.717, 1.165) is 25.9 Å². The van der Waals surface area contributed by atoms with E-state index >= 15 is 0 Å². The van der Waals surface area contributed by atoms with Crippen LogP contribution in [0.2, 0.25) is 0 Å². The van der Waals surface area contributed by atoms with Gasteiger partial charge in [0.05, 0.1) is 6.04 Å². The second-order valence-electron chi connectivity index (χ2n) is 5.20. The number of nitrogens with one attached hydrogen (secondary N) is 2. The molecule has 0 aromatic carbocycles. The van der Waals surface area contributed by atoms with E-state index in [2.05, 4.69) is 24.5 Å². The second kappa shape index (κ2) is 6.21. The highest BCUT2D eigenvalue weighted by Crippen LogP contribution is 2.09. The van der Waals surface area contributed by atoms with Gasteiger partial charge >= 0.3 is 0 Å². The molecule has 16 heavy (non-hydrogen) atoms. The van der Waals surface area contributed by atoms with Gasteiger partial charge in [-0.15, -0.1) is 0 Å². The first kappa shape index (κ1) is 13.5. The largest absolute Gasteiger partial charge is 0.351 e. The quantitative estimate of drug-likeness (QED) is 0.732. The smallest absolute Gasteiger partial charge is 0.237 e. The fourth-order valence-corrected chi connectivity index (χ4v) is 2.40. The molecule has 4 nitrogen and oxygen atoms in total. The van der Waals surface area contributed by atoms with Gasteiger partial charge in [0.25, 0.3) is 0 Å². The number of hydrogen-bond acceptors (Lipinski definition) is 3. The number of nitrogens with zero attached hydrogens (tertiary/aromatic N) is 1. The molecule has 0 aromatic heterocycles. The van der Waals surface area contributed by atoms with Crippen molar-refractivity contribution in [3.05, 3.63) is 0 Å². The summed E-state index contributed by atoms with van der Waals surface area (Å²) >= 11 is 0. The Kier molecular flexibility index (Phi) is 5.22. The van der Waals surface area contributed by atoms with Gasteiger partial charge in [-0.3, -0.25) is 9.69 Å². The first-order chi connectivity index (χ1) is 7.52. The second-order valence-corrected chi connectivity index (χ2v) is 5.20. The fraction of sp³-hybridized carbons (Fsp3) is 0.917. The van der Waals surface area contributed by atoms with E-state index in [9.17, 15) is 4.79 Å². The third kappa shape index (κ3) is 3.76. The molecule has 0 radical (unpaired) electrons. The summed E-state index contributed by atoms with van der Waals surface area (Å²) in [5, 5.41) is 6.45. The van der Waals surface area contributed by atoms with E-state index in [1.807, 2.05) is 19.0 Å². The van der Waals surface area contributed by atoms with E-state index in [0.29, 0.717) is 12.0 Å². The van der Waals surface area contributed by atoms with Crippen LogP contribution in [0.25, 0.3) is 0 Å². The highest BCUT2D eigenvalue weighted by Gasteiger charge is 2.26.